The van der Waals surface area contributed by atoms with Crippen molar-refractivity contribution in [1.82, 2.24) is 0 Å². The fraction of sp³-hybridized carbons (Fsp3) is 0.333. The Morgan fingerprint density at radius 3 is 2.69 bits per heavy atom. The van der Waals surface area contributed by atoms with Crippen molar-refractivity contribution in [2.75, 3.05) is 0 Å². The zero-order valence-electron chi connectivity index (χ0n) is 8.29. The van der Waals surface area contributed by atoms with E-state index in [2.05, 4.69) is 39.0 Å². The number of hydrogen-bond acceptors (Lipinski definition) is 1. The van der Waals surface area contributed by atoms with E-state index in [-0.39, 0.29) is 0 Å². The lowest BCUT2D eigenvalue weighted by molar-refractivity contribution is 0.604. The molecule has 1 aromatic carbocycles. The van der Waals surface area contributed by atoms with Crippen molar-refractivity contribution in [3.05, 3.63) is 35.6 Å². The molecule has 0 N–H and O–H groups in total. The molecular weight excluding hydrogens is 160 g/mol. The summed E-state index contributed by atoms with van der Waals surface area (Å²) in [6.07, 6.45) is 1.83. The summed E-state index contributed by atoms with van der Waals surface area (Å²) in [5.41, 5.74) is 3.57. The highest BCUT2D eigenvalue weighted by atomic mass is 16.3. The van der Waals surface area contributed by atoms with Gasteiger partial charge < -0.3 is 4.42 Å². The minimum atomic E-state index is 0.522. The lowest BCUT2D eigenvalue weighted by atomic mass is 10.0. The first-order valence-electron chi connectivity index (χ1n) is 4.67. The molecule has 13 heavy (non-hydrogen) atoms. The van der Waals surface area contributed by atoms with Crippen LogP contribution in [0.15, 0.2) is 28.9 Å². The Morgan fingerprint density at radius 2 is 2.00 bits per heavy atom. The highest BCUT2D eigenvalue weighted by Crippen LogP contribution is 2.28. The molecule has 1 aromatic heterocycles. The van der Waals surface area contributed by atoms with Crippen LogP contribution < -0.4 is 0 Å². The molecule has 0 aliphatic carbocycles. The molecular formula is C12H14O. The molecule has 0 aliphatic rings. The average Bonchev–Trinajstić information content (AvgIpc) is 2.48. The maximum Gasteiger partial charge on any atom is 0.137 e. The molecule has 2 aromatic rings. The van der Waals surface area contributed by atoms with Crippen LogP contribution in [0.5, 0.6) is 0 Å². The Bertz CT molecular complexity index is 424. The lowest BCUT2D eigenvalue weighted by Crippen LogP contribution is -1.86. The van der Waals surface area contributed by atoms with E-state index in [0.717, 1.165) is 5.58 Å². The van der Waals surface area contributed by atoms with Gasteiger partial charge in [-0.05, 0) is 24.0 Å². The number of aryl methyl sites for hydroxylation is 1. The Kier molecular flexibility index (Phi) is 1.87. The summed E-state index contributed by atoms with van der Waals surface area (Å²) in [6.45, 7) is 6.45. The summed E-state index contributed by atoms with van der Waals surface area (Å²) >= 11 is 0. The zero-order valence-corrected chi connectivity index (χ0v) is 8.29. The second-order valence-electron chi connectivity index (χ2n) is 3.80. The quantitative estimate of drug-likeness (QED) is 0.639. The number of fused-ring (bicyclic) bond motifs is 1. The van der Waals surface area contributed by atoms with Crippen LogP contribution in [-0.4, -0.2) is 0 Å². The Labute approximate surface area is 78.4 Å². The van der Waals surface area contributed by atoms with Gasteiger partial charge in [-0.3, -0.25) is 0 Å². The molecule has 1 heteroatoms. The van der Waals surface area contributed by atoms with Crippen LogP contribution in [0.25, 0.3) is 11.0 Å². The van der Waals surface area contributed by atoms with E-state index in [1.165, 1.54) is 16.5 Å². The van der Waals surface area contributed by atoms with Crippen LogP contribution in [0.3, 0.4) is 0 Å². The summed E-state index contributed by atoms with van der Waals surface area (Å²) in [6, 6.07) is 6.34. The molecule has 0 spiro atoms. The first-order chi connectivity index (χ1) is 6.20. The number of furan rings is 1. The first kappa shape index (κ1) is 8.36. The topological polar surface area (TPSA) is 13.1 Å². The second-order valence-corrected chi connectivity index (χ2v) is 3.80. The van der Waals surface area contributed by atoms with Crippen molar-refractivity contribution in [2.24, 2.45) is 0 Å². The van der Waals surface area contributed by atoms with E-state index in [9.17, 15) is 0 Å². The van der Waals surface area contributed by atoms with Crippen molar-refractivity contribution in [3.8, 4) is 0 Å². The predicted octanol–water partition coefficient (Wildman–Crippen LogP) is 3.86. The van der Waals surface area contributed by atoms with Crippen LogP contribution in [-0.2, 0) is 0 Å². The van der Waals surface area contributed by atoms with Gasteiger partial charge in [0.1, 0.15) is 5.58 Å². The molecule has 0 fully saturated rings. The van der Waals surface area contributed by atoms with E-state index in [1.54, 1.807) is 0 Å². The fourth-order valence-corrected chi connectivity index (χ4v) is 1.66. The summed E-state index contributed by atoms with van der Waals surface area (Å²) in [5.74, 6) is 0.522. The highest BCUT2D eigenvalue weighted by Gasteiger charge is 2.08. The van der Waals surface area contributed by atoms with E-state index in [4.69, 9.17) is 4.42 Å². The minimum Gasteiger partial charge on any atom is -0.464 e. The number of hydrogen-bond donors (Lipinski definition) is 0. The Hall–Kier alpha value is -1.24. The lowest BCUT2D eigenvalue weighted by Gasteiger charge is -2.04. The number of para-hydroxylation sites is 1. The SMILES string of the molecule is Cc1coc2c(C(C)C)cccc12. The van der Waals surface area contributed by atoms with Gasteiger partial charge in [0.05, 0.1) is 6.26 Å². The fourth-order valence-electron chi connectivity index (χ4n) is 1.66. The molecule has 0 radical (unpaired) electrons. The predicted molar refractivity (Wildman–Crippen MR) is 55.0 cm³/mol. The van der Waals surface area contributed by atoms with Crippen molar-refractivity contribution < 1.29 is 4.42 Å². The maximum atomic E-state index is 5.54. The standard InChI is InChI=1S/C12H14O/c1-8(2)10-5-4-6-11-9(3)7-13-12(10)11/h4-8H,1-3H3. The van der Waals surface area contributed by atoms with Crippen LogP contribution in [0.4, 0.5) is 0 Å². The normalized spacial score (nSPS) is 11.4. The van der Waals surface area contributed by atoms with Crippen molar-refractivity contribution >= 4 is 11.0 Å². The molecule has 0 amide bonds. The zero-order chi connectivity index (χ0) is 9.42. The Morgan fingerprint density at radius 1 is 1.23 bits per heavy atom. The van der Waals surface area contributed by atoms with Gasteiger partial charge in [-0.1, -0.05) is 32.0 Å². The summed E-state index contributed by atoms with van der Waals surface area (Å²) < 4.78 is 5.54. The summed E-state index contributed by atoms with van der Waals surface area (Å²) in [5, 5.41) is 1.24. The summed E-state index contributed by atoms with van der Waals surface area (Å²) in [4.78, 5) is 0. The molecule has 2 rings (SSSR count). The molecule has 1 nitrogen and oxygen atoms in total. The van der Waals surface area contributed by atoms with Gasteiger partial charge in [-0.2, -0.15) is 0 Å². The third-order valence-corrected chi connectivity index (χ3v) is 2.45. The largest absolute Gasteiger partial charge is 0.464 e. The van der Waals surface area contributed by atoms with Crippen molar-refractivity contribution in [1.29, 1.82) is 0 Å². The smallest absolute Gasteiger partial charge is 0.137 e. The van der Waals surface area contributed by atoms with Crippen LogP contribution in [0.1, 0.15) is 30.9 Å². The van der Waals surface area contributed by atoms with Gasteiger partial charge in [0.25, 0.3) is 0 Å². The van der Waals surface area contributed by atoms with E-state index < -0.39 is 0 Å². The molecule has 0 atom stereocenters. The molecule has 0 saturated heterocycles. The van der Waals surface area contributed by atoms with E-state index in [0.29, 0.717) is 5.92 Å². The molecule has 0 saturated carbocycles. The maximum absolute atomic E-state index is 5.54. The second kappa shape index (κ2) is 2.91. The van der Waals surface area contributed by atoms with Gasteiger partial charge in [0.15, 0.2) is 0 Å². The van der Waals surface area contributed by atoms with Crippen LogP contribution >= 0.6 is 0 Å². The van der Waals surface area contributed by atoms with Crippen molar-refractivity contribution in [3.63, 3.8) is 0 Å². The van der Waals surface area contributed by atoms with Gasteiger partial charge in [0.2, 0.25) is 0 Å². The van der Waals surface area contributed by atoms with Gasteiger partial charge in [-0.25, -0.2) is 0 Å². The number of rotatable bonds is 1. The third kappa shape index (κ3) is 1.24. The van der Waals surface area contributed by atoms with Gasteiger partial charge >= 0.3 is 0 Å². The minimum absolute atomic E-state index is 0.522. The van der Waals surface area contributed by atoms with Crippen LogP contribution in [0, 0.1) is 6.92 Å². The summed E-state index contributed by atoms with van der Waals surface area (Å²) in [7, 11) is 0. The average molecular weight is 174 g/mol. The highest BCUT2D eigenvalue weighted by molar-refractivity contribution is 5.83. The van der Waals surface area contributed by atoms with E-state index in [1.807, 2.05) is 6.26 Å². The van der Waals surface area contributed by atoms with Crippen molar-refractivity contribution in [2.45, 2.75) is 26.7 Å². The monoisotopic (exact) mass is 174 g/mol. The third-order valence-electron chi connectivity index (χ3n) is 2.45. The molecule has 0 unspecified atom stereocenters. The Balaban J connectivity index is 2.77. The molecule has 0 aliphatic heterocycles. The number of benzene rings is 1. The molecule has 68 valence electrons. The van der Waals surface area contributed by atoms with Gasteiger partial charge in [-0.15, -0.1) is 0 Å². The first-order valence-corrected chi connectivity index (χ1v) is 4.67. The molecule has 1 heterocycles. The van der Waals surface area contributed by atoms with Gasteiger partial charge in [0, 0.05) is 5.39 Å². The van der Waals surface area contributed by atoms with Crippen LogP contribution in [0.2, 0.25) is 0 Å². The molecule has 0 bridgehead atoms. The van der Waals surface area contributed by atoms with E-state index >= 15 is 0 Å².